The third-order valence-corrected chi connectivity index (χ3v) is 2.29. The first-order valence-electron chi connectivity index (χ1n) is 5.55. The van der Waals surface area contributed by atoms with E-state index < -0.39 is 22.8 Å². The van der Waals surface area contributed by atoms with Crippen LogP contribution in [0.3, 0.4) is 0 Å². The highest BCUT2D eigenvalue weighted by Gasteiger charge is 2.24. The van der Waals surface area contributed by atoms with Crippen LogP contribution in [-0.2, 0) is 4.79 Å². The minimum Gasteiger partial charge on any atom is -0.479 e. The smallest absolute Gasteiger partial charge is 0.406 e. The second-order valence-corrected chi connectivity index (χ2v) is 3.67. The molecule has 1 N–H and O–H groups in total. The van der Waals surface area contributed by atoms with Crippen LogP contribution < -0.4 is 4.74 Å². The second kappa shape index (κ2) is 6.53. The van der Waals surface area contributed by atoms with Crippen molar-refractivity contribution in [3.63, 3.8) is 0 Å². The Morgan fingerprint density at radius 3 is 2.94 bits per heavy atom. The van der Waals surface area contributed by atoms with Gasteiger partial charge in [-0.15, -0.1) is 0 Å². The highest BCUT2D eigenvalue weighted by Crippen LogP contribution is 2.25. The molecule has 18 heavy (non-hydrogen) atoms. The van der Waals surface area contributed by atoms with Crippen molar-refractivity contribution in [2.45, 2.75) is 32.3 Å². The number of ether oxygens (including phenoxy) is 1. The summed E-state index contributed by atoms with van der Waals surface area (Å²) < 4.78 is 5.17. The fourth-order valence-corrected chi connectivity index (χ4v) is 1.39. The van der Waals surface area contributed by atoms with Gasteiger partial charge in [-0.3, -0.25) is 0 Å². The Balaban J connectivity index is 2.86. The summed E-state index contributed by atoms with van der Waals surface area (Å²) in [7, 11) is 0. The summed E-state index contributed by atoms with van der Waals surface area (Å²) in [6.07, 6.45) is 1.96. The van der Waals surface area contributed by atoms with Crippen LogP contribution in [0.1, 0.15) is 26.2 Å². The first kappa shape index (κ1) is 13.9. The molecule has 1 aromatic rings. The second-order valence-electron chi connectivity index (χ2n) is 3.67. The van der Waals surface area contributed by atoms with Gasteiger partial charge >= 0.3 is 11.8 Å². The number of unbranched alkanes of at least 4 members (excludes halogenated alkanes) is 1. The van der Waals surface area contributed by atoms with E-state index in [4.69, 9.17) is 9.84 Å². The molecular formula is C11H14N2O5. The summed E-state index contributed by atoms with van der Waals surface area (Å²) >= 11 is 0. The van der Waals surface area contributed by atoms with Crippen LogP contribution in [0.5, 0.6) is 5.75 Å². The summed E-state index contributed by atoms with van der Waals surface area (Å²) in [5, 5.41) is 19.7. The zero-order valence-corrected chi connectivity index (χ0v) is 9.91. The zero-order chi connectivity index (χ0) is 13.5. The molecule has 0 saturated carbocycles. The molecule has 0 aliphatic rings. The normalized spacial score (nSPS) is 11.8. The number of carboxylic acid groups (broad SMARTS) is 1. The number of rotatable bonds is 7. The standard InChI is InChI=1S/C11H14N2O5/c1-2-3-5-9(11(14)15)18-8-6-4-7-12-10(8)13(16)17/h4,6-7,9H,2-3,5H2,1H3,(H,14,15). The van der Waals surface area contributed by atoms with E-state index in [0.29, 0.717) is 12.8 Å². The number of pyridine rings is 1. The van der Waals surface area contributed by atoms with E-state index in [1.807, 2.05) is 6.92 Å². The quantitative estimate of drug-likeness (QED) is 0.589. The number of hydrogen-bond donors (Lipinski definition) is 1. The Morgan fingerprint density at radius 1 is 1.67 bits per heavy atom. The van der Waals surface area contributed by atoms with Crippen LogP contribution in [0.4, 0.5) is 5.82 Å². The first-order chi connectivity index (χ1) is 8.56. The number of carbonyl (C=O) groups is 1. The molecule has 7 nitrogen and oxygen atoms in total. The molecule has 0 spiro atoms. The van der Waals surface area contributed by atoms with E-state index in [2.05, 4.69) is 4.98 Å². The van der Waals surface area contributed by atoms with Crippen molar-refractivity contribution in [2.75, 3.05) is 0 Å². The molecule has 7 heteroatoms. The van der Waals surface area contributed by atoms with Gasteiger partial charge in [0, 0.05) is 0 Å². The van der Waals surface area contributed by atoms with Crippen LogP contribution in [-0.4, -0.2) is 27.1 Å². The number of aliphatic carboxylic acids is 1. The molecule has 98 valence electrons. The molecule has 0 saturated heterocycles. The van der Waals surface area contributed by atoms with Gasteiger partial charge in [-0.2, -0.15) is 0 Å². The summed E-state index contributed by atoms with van der Waals surface area (Å²) in [5.74, 6) is -1.73. The van der Waals surface area contributed by atoms with Crippen LogP contribution >= 0.6 is 0 Å². The molecule has 1 unspecified atom stereocenters. The third kappa shape index (κ3) is 3.69. The highest BCUT2D eigenvalue weighted by atomic mass is 16.6. The van der Waals surface area contributed by atoms with Crippen LogP contribution in [0.25, 0.3) is 0 Å². The lowest BCUT2D eigenvalue weighted by Crippen LogP contribution is -2.27. The number of nitro groups is 1. The summed E-state index contributed by atoms with van der Waals surface area (Å²) in [6.45, 7) is 1.92. The van der Waals surface area contributed by atoms with Crippen molar-refractivity contribution in [1.29, 1.82) is 0 Å². The van der Waals surface area contributed by atoms with Crippen molar-refractivity contribution in [2.24, 2.45) is 0 Å². The van der Waals surface area contributed by atoms with E-state index in [9.17, 15) is 14.9 Å². The fraction of sp³-hybridized carbons (Fsp3) is 0.455. The van der Waals surface area contributed by atoms with Gasteiger partial charge < -0.3 is 20.0 Å². The molecule has 0 amide bonds. The van der Waals surface area contributed by atoms with Crippen molar-refractivity contribution in [3.05, 3.63) is 28.4 Å². The first-order valence-corrected chi connectivity index (χ1v) is 5.55. The SMILES string of the molecule is CCCCC(Oc1cccnc1[N+](=O)[O-])C(=O)O. The maximum Gasteiger partial charge on any atom is 0.406 e. The van der Waals surface area contributed by atoms with Crippen molar-refractivity contribution in [3.8, 4) is 5.75 Å². The molecule has 1 aromatic heterocycles. The van der Waals surface area contributed by atoms with Gasteiger partial charge in [-0.05, 0) is 34.9 Å². The molecule has 1 rings (SSSR count). The van der Waals surface area contributed by atoms with Crippen molar-refractivity contribution in [1.82, 2.24) is 4.98 Å². The Labute approximate surface area is 104 Å². The minimum absolute atomic E-state index is 0.119. The maximum atomic E-state index is 11.0. The predicted molar refractivity (Wildman–Crippen MR) is 62.5 cm³/mol. The molecule has 0 fully saturated rings. The van der Waals surface area contributed by atoms with Gasteiger partial charge in [0.05, 0.1) is 0 Å². The van der Waals surface area contributed by atoms with Gasteiger partial charge in [0.25, 0.3) is 0 Å². The predicted octanol–water partition coefficient (Wildman–Crippen LogP) is 2.01. The van der Waals surface area contributed by atoms with E-state index >= 15 is 0 Å². The van der Waals surface area contributed by atoms with Crippen molar-refractivity contribution >= 4 is 11.8 Å². The molecule has 1 atom stereocenters. The topological polar surface area (TPSA) is 103 Å². The lowest BCUT2D eigenvalue weighted by Gasteiger charge is -2.14. The average Bonchev–Trinajstić information content (AvgIpc) is 2.34. The zero-order valence-electron chi connectivity index (χ0n) is 9.91. The van der Waals surface area contributed by atoms with Crippen LogP contribution in [0, 0.1) is 10.1 Å². The van der Waals surface area contributed by atoms with E-state index in [1.54, 1.807) is 0 Å². The van der Waals surface area contributed by atoms with Gasteiger partial charge in [0.2, 0.25) is 5.75 Å². The molecule has 0 radical (unpaired) electrons. The molecule has 0 bridgehead atoms. The molecule has 0 aliphatic carbocycles. The van der Waals surface area contributed by atoms with E-state index in [-0.39, 0.29) is 5.75 Å². The van der Waals surface area contributed by atoms with E-state index in [0.717, 1.165) is 6.42 Å². The van der Waals surface area contributed by atoms with Crippen LogP contribution in [0.2, 0.25) is 0 Å². The Morgan fingerprint density at radius 2 is 2.39 bits per heavy atom. The molecule has 0 aromatic carbocycles. The van der Waals surface area contributed by atoms with Crippen molar-refractivity contribution < 1.29 is 19.6 Å². The molecule has 0 aliphatic heterocycles. The number of carboxylic acids is 1. The van der Waals surface area contributed by atoms with Crippen LogP contribution in [0.15, 0.2) is 18.3 Å². The average molecular weight is 254 g/mol. The Bertz CT molecular complexity index is 435. The highest BCUT2D eigenvalue weighted by molar-refractivity contribution is 5.72. The number of aromatic nitrogens is 1. The third-order valence-electron chi connectivity index (χ3n) is 2.29. The van der Waals surface area contributed by atoms with Gasteiger partial charge in [0.1, 0.15) is 6.20 Å². The maximum absolute atomic E-state index is 11.0. The van der Waals surface area contributed by atoms with Gasteiger partial charge in [0.15, 0.2) is 6.10 Å². The Kier molecular flexibility index (Phi) is 5.04. The molecule has 1 heterocycles. The van der Waals surface area contributed by atoms with E-state index in [1.165, 1.54) is 18.3 Å². The largest absolute Gasteiger partial charge is 0.479 e. The molecular weight excluding hydrogens is 240 g/mol. The fourth-order valence-electron chi connectivity index (χ4n) is 1.39. The van der Waals surface area contributed by atoms with Gasteiger partial charge in [-0.1, -0.05) is 13.3 Å². The number of hydrogen-bond acceptors (Lipinski definition) is 5. The summed E-state index contributed by atoms with van der Waals surface area (Å²) in [5.41, 5.74) is 0. The lowest BCUT2D eigenvalue weighted by molar-refractivity contribution is -0.390. The summed E-state index contributed by atoms with van der Waals surface area (Å²) in [6, 6.07) is 2.80. The summed E-state index contributed by atoms with van der Waals surface area (Å²) in [4.78, 5) is 24.5. The monoisotopic (exact) mass is 254 g/mol. The number of nitrogens with zero attached hydrogens (tertiary/aromatic N) is 2. The van der Waals surface area contributed by atoms with Gasteiger partial charge in [-0.25, -0.2) is 4.79 Å². The lowest BCUT2D eigenvalue weighted by atomic mass is 10.1. The Hall–Kier alpha value is -2.18. The minimum atomic E-state index is -1.14.